The van der Waals surface area contributed by atoms with E-state index in [1.807, 2.05) is 30.3 Å². The summed E-state index contributed by atoms with van der Waals surface area (Å²) in [7, 11) is -3.83. The van der Waals surface area contributed by atoms with Crippen molar-refractivity contribution in [2.45, 2.75) is 37.0 Å². The Bertz CT molecular complexity index is 1290. The molecule has 2 amide bonds. The lowest BCUT2D eigenvalue weighted by Gasteiger charge is -2.27. The highest BCUT2D eigenvalue weighted by atomic mass is 32.2. The van der Waals surface area contributed by atoms with Crippen molar-refractivity contribution in [3.05, 3.63) is 58.9 Å². The number of aliphatic hydroxyl groups excluding tert-OH is 1. The van der Waals surface area contributed by atoms with Gasteiger partial charge in [0.25, 0.3) is 5.91 Å². The van der Waals surface area contributed by atoms with E-state index in [1.165, 1.54) is 27.4 Å². The molecule has 2 heterocycles. The van der Waals surface area contributed by atoms with Crippen molar-refractivity contribution >= 4 is 21.8 Å². The van der Waals surface area contributed by atoms with Crippen LogP contribution in [-0.2, 0) is 21.2 Å². The van der Waals surface area contributed by atoms with E-state index in [2.05, 4.69) is 11.8 Å². The molecule has 3 N–H and O–H groups in total. The van der Waals surface area contributed by atoms with Crippen molar-refractivity contribution in [1.82, 2.24) is 14.9 Å². The fraction of sp³-hybridized carbons (Fsp3) is 0.417. The van der Waals surface area contributed by atoms with E-state index in [0.717, 1.165) is 23.9 Å². The largest absolute Gasteiger partial charge is 0.396 e. The second kappa shape index (κ2) is 8.91. The number of aliphatic hydroxyl groups is 1. The van der Waals surface area contributed by atoms with E-state index in [4.69, 9.17) is 5.21 Å². The molecule has 34 heavy (non-hydrogen) atoms. The number of aromatic nitrogens is 1. The number of carbonyl (C=O) groups is 2. The average molecular weight is 486 g/mol. The van der Waals surface area contributed by atoms with Crippen LogP contribution in [-0.4, -0.2) is 64.3 Å². The highest BCUT2D eigenvalue weighted by Crippen LogP contribution is 2.46. The topological polar surface area (TPSA) is 129 Å². The fourth-order valence-corrected chi connectivity index (χ4v) is 5.06. The summed E-state index contributed by atoms with van der Waals surface area (Å²) in [4.78, 5) is 26.2. The molecule has 9 nitrogen and oxygen atoms in total. The molecule has 0 radical (unpaired) electrons. The SMILES string of the molecule is CC(CCN1Cc2cc(C#Cc3ccc([C@H]4C[C@@H]4CO)cc3)cn2C1=O)(C(=O)NO)S(C)(=O)=O. The van der Waals surface area contributed by atoms with Crippen LogP contribution >= 0.6 is 0 Å². The minimum Gasteiger partial charge on any atom is -0.396 e. The molecule has 180 valence electrons. The first-order chi connectivity index (χ1) is 16.1. The number of nitrogens with one attached hydrogen (secondary N) is 1. The van der Waals surface area contributed by atoms with Crippen molar-refractivity contribution in [1.29, 1.82) is 0 Å². The second-order valence-corrected chi connectivity index (χ2v) is 11.6. The van der Waals surface area contributed by atoms with Crippen LogP contribution < -0.4 is 5.48 Å². The number of hydrogen-bond acceptors (Lipinski definition) is 6. The smallest absolute Gasteiger partial charge is 0.328 e. The van der Waals surface area contributed by atoms with Gasteiger partial charge in [0, 0.05) is 42.4 Å². The molecule has 0 saturated heterocycles. The van der Waals surface area contributed by atoms with E-state index in [1.54, 1.807) is 6.20 Å². The van der Waals surface area contributed by atoms with E-state index in [0.29, 0.717) is 17.4 Å². The number of nitrogens with zero attached hydrogens (tertiary/aromatic N) is 2. The fourth-order valence-electron chi connectivity index (χ4n) is 4.22. The Hall–Kier alpha value is -3.13. The molecule has 10 heteroatoms. The molecule has 2 aromatic rings. The standard InChI is InChI=1S/C24H27N3O6S/c1-24(22(29)25-31,34(2,32)33)9-10-26-14-20-11-17(13-27(20)23(26)30)4-3-16-5-7-18(8-6-16)21-12-19(21)15-28/h5-8,11,13,19,21,28,31H,9-10,12,14-15H2,1-2H3,(H,25,29)/t19-,21-,24?/m1/s1. The van der Waals surface area contributed by atoms with Crippen LogP contribution in [0.25, 0.3) is 0 Å². The molecule has 1 aliphatic heterocycles. The van der Waals surface area contributed by atoms with E-state index >= 15 is 0 Å². The van der Waals surface area contributed by atoms with Crippen LogP contribution in [0, 0.1) is 17.8 Å². The molecule has 3 atom stereocenters. The number of benzene rings is 1. The molecular weight excluding hydrogens is 458 g/mol. The third-order valence-electron chi connectivity index (χ3n) is 6.84. The number of amides is 2. The minimum atomic E-state index is -3.83. The van der Waals surface area contributed by atoms with Gasteiger partial charge in [0.1, 0.15) is 0 Å². The van der Waals surface area contributed by atoms with Gasteiger partial charge in [-0.1, -0.05) is 24.0 Å². The van der Waals surface area contributed by atoms with Gasteiger partial charge >= 0.3 is 6.03 Å². The van der Waals surface area contributed by atoms with Crippen molar-refractivity contribution in [3.63, 3.8) is 0 Å². The van der Waals surface area contributed by atoms with Crippen molar-refractivity contribution in [2.24, 2.45) is 5.92 Å². The van der Waals surface area contributed by atoms with Gasteiger partial charge in [-0.3, -0.25) is 14.6 Å². The Kier molecular flexibility index (Phi) is 6.29. The lowest BCUT2D eigenvalue weighted by molar-refractivity contribution is -0.131. The van der Waals surface area contributed by atoms with Gasteiger partial charge in [-0.2, -0.15) is 0 Å². The molecule has 0 spiro atoms. The molecule has 1 aliphatic carbocycles. The predicted molar refractivity (Wildman–Crippen MR) is 124 cm³/mol. The summed E-state index contributed by atoms with van der Waals surface area (Å²) in [5.41, 5.74) is 4.89. The van der Waals surface area contributed by atoms with Crippen LogP contribution in [0.2, 0.25) is 0 Å². The Morgan fingerprint density at radius 3 is 2.47 bits per heavy atom. The number of hydroxylamine groups is 1. The van der Waals surface area contributed by atoms with Gasteiger partial charge in [0.15, 0.2) is 14.6 Å². The van der Waals surface area contributed by atoms with E-state index in [-0.39, 0.29) is 32.1 Å². The molecule has 1 fully saturated rings. The molecule has 1 aromatic carbocycles. The number of rotatable bonds is 7. The maximum Gasteiger partial charge on any atom is 0.328 e. The number of fused-ring (bicyclic) bond motifs is 1. The summed E-state index contributed by atoms with van der Waals surface area (Å²) in [6, 6.07) is 9.46. The zero-order chi connectivity index (χ0) is 24.7. The van der Waals surface area contributed by atoms with Gasteiger partial charge < -0.3 is 10.0 Å². The zero-order valence-electron chi connectivity index (χ0n) is 19.0. The van der Waals surface area contributed by atoms with Gasteiger partial charge in [-0.05, 0) is 55.4 Å². The van der Waals surface area contributed by atoms with Crippen molar-refractivity contribution in [2.75, 3.05) is 19.4 Å². The normalized spacial score (nSPS) is 20.8. The summed E-state index contributed by atoms with van der Waals surface area (Å²) in [5.74, 6) is 5.93. The van der Waals surface area contributed by atoms with Crippen LogP contribution in [0.4, 0.5) is 4.79 Å². The van der Waals surface area contributed by atoms with Gasteiger partial charge in [-0.15, -0.1) is 0 Å². The maximum absolute atomic E-state index is 12.8. The summed E-state index contributed by atoms with van der Waals surface area (Å²) in [5, 5.41) is 18.2. The molecule has 4 rings (SSSR count). The van der Waals surface area contributed by atoms with Crippen LogP contribution in [0.15, 0.2) is 36.5 Å². The third kappa shape index (κ3) is 4.46. The highest BCUT2D eigenvalue weighted by molar-refractivity contribution is 7.92. The third-order valence-corrected chi connectivity index (χ3v) is 8.86. The monoisotopic (exact) mass is 485 g/mol. The first-order valence-electron chi connectivity index (χ1n) is 10.9. The summed E-state index contributed by atoms with van der Waals surface area (Å²) in [6.07, 6.45) is 3.43. The number of sulfone groups is 1. The molecule has 1 aromatic heterocycles. The Morgan fingerprint density at radius 1 is 1.24 bits per heavy atom. The lowest BCUT2D eigenvalue weighted by atomic mass is 10.1. The molecule has 1 unspecified atom stereocenters. The Morgan fingerprint density at radius 2 is 1.91 bits per heavy atom. The number of carbonyl (C=O) groups excluding carboxylic acids is 2. The molecular formula is C24H27N3O6S. The van der Waals surface area contributed by atoms with Gasteiger partial charge in [-0.25, -0.2) is 18.7 Å². The van der Waals surface area contributed by atoms with E-state index in [9.17, 15) is 23.1 Å². The van der Waals surface area contributed by atoms with Crippen LogP contribution in [0.5, 0.6) is 0 Å². The van der Waals surface area contributed by atoms with Gasteiger partial charge in [0.2, 0.25) is 0 Å². The van der Waals surface area contributed by atoms with E-state index < -0.39 is 20.5 Å². The molecule has 1 saturated carbocycles. The van der Waals surface area contributed by atoms with Crippen LogP contribution in [0.1, 0.15) is 48.1 Å². The number of hydrogen-bond donors (Lipinski definition) is 3. The Labute approximate surface area is 198 Å². The first kappa shape index (κ1) is 24.0. The second-order valence-electron chi connectivity index (χ2n) is 9.15. The zero-order valence-corrected chi connectivity index (χ0v) is 19.8. The maximum atomic E-state index is 12.8. The minimum absolute atomic E-state index is 0.0308. The average Bonchev–Trinajstić information content (AvgIpc) is 3.41. The van der Waals surface area contributed by atoms with Gasteiger partial charge in [0.05, 0.1) is 6.54 Å². The van der Waals surface area contributed by atoms with Crippen LogP contribution in [0.3, 0.4) is 0 Å². The van der Waals surface area contributed by atoms with Crippen molar-refractivity contribution in [3.8, 4) is 11.8 Å². The summed E-state index contributed by atoms with van der Waals surface area (Å²) < 4.78 is 23.9. The summed E-state index contributed by atoms with van der Waals surface area (Å²) in [6.45, 7) is 1.74. The van der Waals surface area contributed by atoms with Crippen molar-refractivity contribution < 1.29 is 28.3 Å². The summed E-state index contributed by atoms with van der Waals surface area (Å²) >= 11 is 0. The quantitative estimate of drug-likeness (QED) is 0.309. The molecule has 2 aliphatic rings. The lowest BCUT2D eigenvalue weighted by Crippen LogP contribution is -2.50. The highest BCUT2D eigenvalue weighted by Gasteiger charge is 2.44. The predicted octanol–water partition coefficient (Wildman–Crippen LogP) is 1.47. The Balaban J connectivity index is 1.40. The molecule has 0 bridgehead atoms. The first-order valence-corrected chi connectivity index (χ1v) is 12.8.